The van der Waals surface area contributed by atoms with Gasteiger partial charge in [0.1, 0.15) is 0 Å². The van der Waals surface area contributed by atoms with Crippen LogP contribution in [0.2, 0.25) is 0 Å². The maximum atomic E-state index is 11.4. The largest absolute Gasteiger partial charge is 0.393 e. The zero-order chi connectivity index (χ0) is 21.3. The molecular formula is C27H43NO2. The predicted octanol–water partition coefficient (Wildman–Crippen LogP) is 5.40. The zero-order valence-electron chi connectivity index (χ0n) is 19.6. The molecule has 4 aliphatic carbocycles. The smallest absolute Gasteiger partial charge is 0.0582 e. The maximum absolute atomic E-state index is 11.4. The predicted molar refractivity (Wildman–Crippen MR) is 122 cm³/mol. The molecule has 0 aromatic rings. The van der Waals surface area contributed by atoms with Crippen LogP contribution in [0.4, 0.5) is 0 Å². The molecule has 0 amide bonds. The molecule has 0 aromatic heterocycles. The van der Waals surface area contributed by atoms with Crippen LogP contribution in [-0.2, 0) is 0 Å². The highest BCUT2D eigenvalue weighted by Gasteiger charge is 2.62. The molecule has 0 saturated heterocycles. The van der Waals surface area contributed by atoms with E-state index in [2.05, 4.69) is 33.8 Å². The summed E-state index contributed by atoms with van der Waals surface area (Å²) >= 11 is 0. The first-order valence-corrected chi connectivity index (χ1v) is 12.8. The molecule has 0 unspecified atom stereocenters. The van der Waals surface area contributed by atoms with Gasteiger partial charge in [-0.05, 0) is 104 Å². The molecule has 0 aromatic carbocycles. The van der Waals surface area contributed by atoms with Crippen molar-refractivity contribution >= 4 is 5.71 Å². The molecule has 1 heterocycles. The Kier molecular flexibility index (Phi) is 5.26. The van der Waals surface area contributed by atoms with E-state index in [1.54, 1.807) is 5.57 Å². The van der Waals surface area contributed by atoms with E-state index in [-0.39, 0.29) is 23.0 Å². The molecule has 5 rings (SSSR count). The Morgan fingerprint density at radius 3 is 2.63 bits per heavy atom. The third-order valence-electron chi connectivity index (χ3n) is 10.8. The summed E-state index contributed by atoms with van der Waals surface area (Å²) in [6.07, 6.45) is 12.3. The Morgan fingerprint density at radius 1 is 1.10 bits per heavy atom. The molecule has 10 atom stereocenters. The number of hydrogen-bond acceptors (Lipinski definition) is 3. The molecule has 5 aliphatic rings. The van der Waals surface area contributed by atoms with Crippen molar-refractivity contribution in [2.24, 2.45) is 51.3 Å². The third-order valence-corrected chi connectivity index (χ3v) is 10.8. The maximum Gasteiger partial charge on any atom is 0.0582 e. The minimum atomic E-state index is -0.179. The highest BCUT2D eigenvalue weighted by atomic mass is 16.3. The van der Waals surface area contributed by atoms with Crippen LogP contribution in [0, 0.1) is 46.3 Å². The molecule has 3 nitrogen and oxygen atoms in total. The van der Waals surface area contributed by atoms with Crippen molar-refractivity contribution in [2.75, 3.05) is 6.54 Å². The number of fused-ring (bicyclic) bond motifs is 5. The van der Waals surface area contributed by atoms with Crippen molar-refractivity contribution in [3.8, 4) is 0 Å². The van der Waals surface area contributed by atoms with Gasteiger partial charge >= 0.3 is 0 Å². The van der Waals surface area contributed by atoms with E-state index in [4.69, 9.17) is 4.99 Å². The highest BCUT2D eigenvalue weighted by Crippen LogP contribution is 2.67. The van der Waals surface area contributed by atoms with Crippen LogP contribution in [0.3, 0.4) is 0 Å². The van der Waals surface area contributed by atoms with Gasteiger partial charge in [-0.2, -0.15) is 0 Å². The van der Waals surface area contributed by atoms with E-state index in [9.17, 15) is 10.2 Å². The van der Waals surface area contributed by atoms with Gasteiger partial charge in [-0.15, -0.1) is 0 Å². The standard InChI is InChI=1S/C27H43NO2/c1-16-5-8-23(28-15-16)17(2)25-24(30)14-22-20-7-6-18-13-19(29)9-11-26(18,3)21(20)10-12-27(22,25)4/h6,16-17,19-22,24-25,29-30H,5,7-15H2,1-4H3/t16-,17+,19+,20+,21-,22-,24-,25-,26-,27+/m0/s1. The summed E-state index contributed by atoms with van der Waals surface area (Å²) in [6, 6.07) is 0. The monoisotopic (exact) mass is 413 g/mol. The van der Waals surface area contributed by atoms with E-state index in [0.29, 0.717) is 29.6 Å². The van der Waals surface area contributed by atoms with Crippen molar-refractivity contribution in [1.82, 2.24) is 0 Å². The molecule has 3 heteroatoms. The van der Waals surface area contributed by atoms with Crippen molar-refractivity contribution in [3.05, 3.63) is 11.6 Å². The Balaban J connectivity index is 1.42. The lowest BCUT2D eigenvalue weighted by atomic mass is 9.47. The Bertz CT molecular complexity index is 743. The number of hydrogen-bond donors (Lipinski definition) is 2. The fourth-order valence-corrected chi connectivity index (χ4v) is 9.01. The van der Waals surface area contributed by atoms with Gasteiger partial charge in [0.15, 0.2) is 0 Å². The summed E-state index contributed by atoms with van der Waals surface area (Å²) in [5.41, 5.74) is 3.45. The number of aliphatic hydroxyl groups is 2. The van der Waals surface area contributed by atoms with Gasteiger partial charge in [-0.1, -0.05) is 39.3 Å². The molecule has 168 valence electrons. The fourth-order valence-electron chi connectivity index (χ4n) is 9.01. The molecule has 0 spiro atoms. The fraction of sp³-hybridized carbons (Fsp3) is 0.889. The molecule has 2 N–H and O–H groups in total. The van der Waals surface area contributed by atoms with Crippen LogP contribution in [0.15, 0.2) is 16.6 Å². The Labute approximate surface area is 183 Å². The Morgan fingerprint density at radius 2 is 1.90 bits per heavy atom. The zero-order valence-corrected chi connectivity index (χ0v) is 19.6. The highest BCUT2D eigenvalue weighted by molar-refractivity contribution is 5.87. The lowest BCUT2D eigenvalue weighted by molar-refractivity contribution is -0.0564. The molecule has 0 bridgehead atoms. The van der Waals surface area contributed by atoms with Crippen LogP contribution in [0.5, 0.6) is 0 Å². The first-order chi connectivity index (χ1) is 14.2. The SMILES string of the molecule is C[C@H]1CCC([C@@H](C)[C@H]2[C@@H](O)C[C@H]3[C@@H]4CC=C5C[C@H](O)CC[C@]5(C)[C@H]4CC[C@@]23C)=NC1. The van der Waals surface area contributed by atoms with E-state index >= 15 is 0 Å². The molecule has 3 saturated carbocycles. The van der Waals surface area contributed by atoms with Crippen molar-refractivity contribution in [3.63, 3.8) is 0 Å². The third kappa shape index (κ3) is 3.09. The second kappa shape index (κ2) is 7.44. The normalized spacial score (nSPS) is 51.9. The van der Waals surface area contributed by atoms with Crippen LogP contribution in [0.1, 0.15) is 85.5 Å². The van der Waals surface area contributed by atoms with E-state index in [0.717, 1.165) is 51.0 Å². The molecule has 1 aliphatic heterocycles. The summed E-state index contributed by atoms with van der Waals surface area (Å²) in [5.74, 6) is 3.55. The minimum absolute atomic E-state index is 0.132. The number of allylic oxidation sites excluding steroid dienone is 1. The van der Waals surface area contributed by atoms with Gasteiger partial charge in [0, 0.05) is 12.3 Å². The van der Waals surface area contributed by atoms with Crippen LogP contribution in [0.25, 0.3) is 0 Å². The van der Waals surface area contributed by atoms with Crippen molar-refractivity contribution < 1.29 is 10.2 Å². The van der Waals surface area contributed by atoms with Crippen molar-refractivity contribution in [2.45, 2.75) is 97.7 Å². The van der Waals surface area contributed by atoms with Crippen molar-refractivity contribution in [1.29, 1.82) is 0 Å². The van der Waals surface area contributed by atoms with E-state index in [1.165, 1.54) is 25.0 Å². The summed E-state index contributed by atoms with van der Waals surface area (Å²) in [4.78, 5) is 4.98. The average Bonchev–Trinajstić information content (AvgIpc) is 2.98. The van der Waals surface area contributed by atoms with Gasteiger partial charge in [0.25, 0.3) is 0 Å². The van der Waals surface area contributed by atoms with Gasteiger partial charge in [0.05, 0.1) is 12.2 Å². The summed E-state index contributed by atoms with van der Waals surface area (Å²) < 4.78 is 0. The number of aliphatic hydroxyl groups excluding tert-OH is 2. The summed E-state index contributed by atoms with van der Waals surface area (Å²) in [5, 5.41) is 21.6. The lowest BCUT2D eigenvalue weighted by Crippen LogP contribution is -2.51. The number of aliphatic imine (C=N–C) groups is 1. The first kappa shape index (κ1) is 21.2. The summed E-state index contributed by atoms with van der Waals surface area (Å²) in [7, 11) is 0. The van der Waals surface area contributed by atoms with Crippen LogP contribution in [-0.4, -0.2) is 34.7 Å². The first-order valence-electron chi connectivity index (χ1n) is 12.8. The van der Waals surface area contributed by atoms with Gasteiger partial charge in [-0.3, -0.25) is 4.99 Å². The Hall–Kier alpha value is -0.670. The molecule has 30 heavy (non-hydrogen) atoms. The quantitative estimate of drug-likeness (QED) is 0.595. The second-order valence-electron chi connectivity index (χ2n) is 12.3. The second-order valence-corrected chi connectivity index (χ2v) is 12.3. The average molecular weight is 414 g/mol. The minimum Gasteiger partial charge on any atom is -0.393 e. The van der Waals surface area contributed by atoms with E-state index < -0.39 is 0 Å². The molecular weight excluding hydrogens is 370 g/mol. The summed E-state index contributed by atoms with van der Waals surface area (Å²) in [6.45, 7) is 10.7. The number of nitrogens with zero attached hydrogens (tertiary/aromatic N) is 1. The van der Waals surface area contributed by atoms with Gasteiger partial charge in [0.2, 0.25) is 0 Å². The topological polar surface area (TPSA) is 52.8 Å². The van der Waals surface area contributed by atoms with E-state index in [1.807, 2.05) is 0 Å². The number of rotatable bonds is 2. The molecule has 3 fully saturated rings. The van der Waals surface area contributed by atoms with Crippen LogP contribution >= 0.6 is 0 Å². The van der Waals surface area contributed by atoms with Gasteiger partial charge in [-0.25, -0.2) is 0 Å². The van der Waals surface area contributed by atoms with Gasteiger partial charge < -0.3 is 10.2 Å². The lowest BCUT2D eigenvalue weighted by Gasteiger charge is -2.58. The van der Waals surface area contributed by atoms with Crippen LogP contribution < -0.4 is 0 Å². The molecule has 0 radical (unpaired) electrons.